The van der Waals surface area contributed by atoms with Crippen molar-refractivity contribution in [1.29, 1.82) is 0 Å². The molecule has 7 nitrogen and oxygen atoms in total. The van der Waals surface area contributed by atoms with Crippen LogP contribution in [0.4, 0.5) is 0 Å². The summed E-state index contributed by atoms with van der Waals surface area (Å²) >= 11 is 0. The Labute approximate surface area is 145 Å². The van der Waals surface area contributed by atoms with Gasteiger partial charge in [0.1, 0.15) is 0 Å². The number of nitrogens with one attached hydrogen (secondary N) is 2. The molecule has 140 valence electrons. The minimum Gasteiger partial charge on any atom is -0.379 e. The Morgan fingerprint density at radius 2 is 1.33 bits per heavy atom. The number of amides is 2. The van der Waals surface area contributed by atoms with Crippen molar-refractivity contribution in [3.8, 4) is 0 Å². The van der Waals surface area contributed by atoms with Crippen LogP contribution in [-0.2, 0) is 23.8 Å². The van der Waals surface area contributed by atoms with Crippen LogP contribution in [-0.4, -0.2) is 64.5 Å². The fourth-order valence-electron chi connectivity index (χ4n) is 1.59. The lowest BCUT2D eigenvalue weighted by Gasteiger charge is -2.08. The van der Waals surface area contributed by atoms with Crippen LogP contribution in [0, 0.1) is 5.92 Å². The summed E-state index contributed by atoms with van der Waals surface area (Å²) in [5, 5.41) is 5.51. The van der Waals surface area contributed by atoms with Gasteiger partial charge in [0.05, 0.1) is 26.4 Å². The van der Waals surface area contributed by atoms with E-state index in [1.807, 2.05) is 13.8 Å². The van der Waals surface area contributed by atoms with Crippen molar-refractivity contribution in [3.05, 3.63) is 12.7 Å². The molecule has 0 rings (SSSR count). The molecule has 0 unspecified atom stereocenters. The summed E-state index contributed by atoms with van der Waals surface area (Å²) in [6, 6.07) is 0. The van der Waals surface area contributed by atoms with Gasteiger partial charge in [0, 0.05) is 32.2 Å². The molecule has 0 spiro atoms. The molecule has 0 aromatic rings. The molecule has 0 aromatic carbocycles. The second-order valence-electron chi connectivity index (χ2n) is 5.49. The van der Waals surface area contributed by atoms with Gasteiger partial charge in [-0.3, -0.25) is 9.59 Å². The van der Waals surface area contributed by atoms with Crippen LogP contribution in [0.3, 0.4) is 0 Å². The molecule has 0 aliphatic carbocycles. The molecule has 7 heteroatoms. The largest absolute Gasteiger partial charge is 0.379 e. The summed E-state index contributed by atoms with van der Waals surface area (Å²) < 4.78 is 16.1. The van der Waals surface area contributed by atoms with Crippen LogP contribution < -0.4 is 10.6 Å². The summed E-state index contributed by atoms with van der Waals surface area (Å²) in [5.74, 6) is -0.0745. The molecule has 0 radical (unpaired) electrons. The normalized spacial score (nSPS) is 10.6. The summed E-state index contributed by atoms with van der Waals surface area (Å²) in [4.78, 5) is 22.2. The molecule has 0 aromatic heterocycles. The van der Waals surface area contributed by atoms with Crippen molar-refractivity contribution in [2.24, 2.45) is 5.92 Å². The lowest BCUT2D eigenvalue weighted by Crippen LogP contribution is -2.29. The summed E-state index contributed by atoms with van der Waals surface area (Å²) in [5.41, 5.74) is 0. The topological polar surface area (TPSA) is 85.9 Å². The predicted octanol–water partition coefficient (Wildman–Crippen LogP) is 0.891. The minimum atomic E-state index is -0.166. The molecule has 24 heavy (non-hydrogen) atoms. The van der Waals surface area contributed by atoms with Gasteiger partial charge in [0.25, 0.3) is 0 Å². The van der Waals surface area contributed by atoms with E-state index in [1.54, 1.807) is 0 Å². The SMILES string of the molecule is C=CC(=O)NCCCOCCOCCOCCCNC(=O)C(C)C. The van der Waals surface area contributed by atoms with Gasteiger partial charge in [-0.05, 0) is 18.9 Å². The van der Waals surface area contributed by atoms with Crippen molar-refractivity contribution >= 4 is 11.8 Å². The monoisotopic (exact) mass is 344 g/mol. The Morgan fingerprint density at radius 3 is 1.79 bits per heavy atom. The van der Waals surface area contributed by atoms with Crippen LogP contribution in [0.15, 0.2) is 12.7 Å². The molecule has 0 atom stereocenters. The smallest absolute Gasteiger partial charge is 0.243 e. The maximum atomic E-state index is 11.3. The van der Waals surface area contributed by atoms with Gasteiger partial charge >= 0.3 is 0 Å². The first-order chi connectivity index (χ1) is 11.6. The second-order valence-corrected chi connectivity index (χ2v) is 5.49. The standard InChI is InChI=1S/C17H32N2O5/c1-4-16(20)18-7-5-9-22-11-13-24-14-12-23-10-6-8-19-17(21)15(2)3/h4,15H,1,5-14H2,2-3H3,(H,18,20)(H,19,21). The first-order valence-corrected chi connectivity index (χ1v) is 8.49. The average molecular weight is 344 g/mol. The molecule has 2 amide bonds. The number of hydrogen-bond donors (Lipinski definition) is 2. The van der Waals surface area contributed by atoms with Crippen LogP contribution in [0.2, 0.25) is 0 Å². The Morgan fingerprint density at radius 1 is 0.875 bits per heavy atom. The minimum absolute atomic E-state index is 0.0208. The number of carbonyl (C=O) groups excluding carboxylic acids is 2. The second kappa shape index (κ2) is 16.4. The number of rotatable bonds is 16. The molecule has 0 fully saturated rings. The number of hydrogen-bond acceptors (Lipinski definition) is 5. The maximum absolute atomic E-state index is 11.3. The first-order valence-electron chi connectivity index (χ1n) is 8.49. The molecular formula is C17H32N2O5. The summed E-state index contributed by atoms with van der Waals surface area (Å²) in [6.07, 6.45) is 2.80. The molecule has 0 saturated heterocycles. The highest BCUT2D eigenvalue weighted by Crippen LogP contribution is 1.91. The van der Waals surface area contributed by atoms with E-state index in [2.05, 4.69) is 17.2 Å². The Bertz CT molecular complexity index is 348. The van der Waals surface area contributed by atoms with Gasteiger partial charge in [-0.25, -0.2) is 0 Å². The zero-order valence-corrected chi connectivity index (χ0v) is 15.0. The van der Waals surface area contributed by atoms with Gasteiger partial charge < -0.3 is 24.8 Å². The van der Waals surface area contributed by atoms with E-state index in [-0.39, 0.29) is 17.7 Å². The van der Waals surface area contributed by atoms with E-state index >= 15 is 0 Å². The molecule has 2 N–H and O–H groups in total. The van der Waals surface area contributed by atoms with Gasteiger partial charge in [-0.1, -0.05) is 20.4 Å². The highest BCUT2D eigenvalue weighted by molar-refractivity contribution is 5.86. The van der Waals surface area contributed by atoms with Gasteiger partial charge in [-0.2, -0.15) is 0 Å². The predicted molar refractivity (Wildman–Crippen MR) is 92.7 cm³/mol. The van der Waals surface area contributed by atoms with E-state index in [0.29, 0.717) is 52.7 Å². The summed E-state index contributed by atoms with van der Waals surface area (Å²) in [7, 11) is 0. The van der Waals surface area contributed by atoms with Crippen LogP contribution >= 0.6 is 0 Å². The third-order valence-electron chi connectivity index (χ3n) is 2.98. The Balaban J connectivity index is 3.11. The summed E-state index contributed by atoms with van der Waals surface area (Å²) in [6.45, 7) is 11.6. The molecule has 0 heterocycles. The van der Waals surface area contributed by atoms with E-state index in [1.165, 1.54) is 6.08 Å². The molecule has 0 saturated carbocycles. The first kappa shape index (κ1) is 22.6. The van der Waals surface area contributed by atoms with Crippen LogP contribution in [0.5, 0.6) is 0 Å². The Kier molecular flexibility index (Phi) is 15.4. The average Bonchev–Trinajstić information content (AvgIpc) is 2.57. The van der Waals surface area contributed by atoms with Crippen molar-refractivity contribution in [3.63, 3.8) is 0 Å². The molecule has 0 aliphatic heterocycles. The van der Waals surface area contributed by atoms with E-state index in [9.17, 15) is 9.59 Å². The molecule has 0 bridgehead atoms. The van der Waals surface area contributed by atoms with Crippen molar-refractivity contribution in [1.82, 2.24) is 10.6 Å². The Hall–Kier alpha value is -1.44. The lowest BCUT2D eigenvalue weighted by atomic mass is 10.2. The zero-order chi connectivity index (χ0) is 18.0. The fraction of sp³-hybridized carbons (Fsp3) is 0.765. The third kappa shape index (κ3) is 15.5. The van der Waals surface area contributed by atoms with E-state index < -0.39 is 0 Å². The fourth-order valence-corrected chi connectivity index (χ4v) is 1.59. The van der Waals surface area contributed by atoms with Crippen molar-refractivity contribution in [2.75, 3.05) is 52.7 Å². The maximum Gasteiger partial charge on any atom is 0.243 e. The number of carbonyl (C=O) groups is 2. The van der Waals surface area contributed by atoms with Gasteiger partial charge in [0.2, 0.25) is 11.8 Å². The number of ether oxygens (including phenoxy) is 3. The van der Waals surface area contributed by atoms with Gasteiger partial charge in [0.15, 0.2) is 0 Å². The van der Waals surface area contributed by atoms with Crippen molar-refractivity contribution in [2.45, 2.75) is 26.7 Å². The highest BCUT2D eigenvalue weighted by atomic mass is 16.5. The lowest BCUT2D eigenvalue weighted by molar-refractivity contribution is -0.124. The van der Waals surface area contributed by atoms with E-state index in [4.69, 9.17) is 14.2 Å². The van der Waals surface area contributed by atoms with Gasteiger partial charge in [-0.15, -0.1) is 0 Å². The van der Waals surface area contributed by atoms with Crippen LogP contribution in [0.25, 0.3) is 0 Å². The zero-order valence-electron chi connectivity index (χ0n) is 15.0. The molecular weight excluding hydrogens is 312 g/mol. The van der Waals surface area contributed by atoms with Crippen LogP contribution in [0.1, 0.15) is 26.7 Å². The van der Waals surface area contributed by atoms with Crippen molar-refractivity contribution < 1.29 is 23.8 Å². The molecule has 0 aliphatic rings. The van der Waals surface area contributed by atoms with E-state index in [0.717, 1.165) is 12.8 Å². The third-order valence-corrected chi connectivity index (χ3v) is 2.98. The highest BCUT2D eigenvalue weighted by Gasteiger charge is 2.04. The quantitative estimate of drug-likeness (QED) is 0.321.